The summed E-state index contributed by atoms with van der Waals surface area (Å²) in [5.41, 5.74) is -1.59. The minimum atomic E-state index is -4.49. The molecule has 0 aromatic carbocycles. The van der Waals surface area contributed by atoms with Crippen molar-refractivity contribution < 1.29 is 27.5 Å². The molecule has 2 heterocycles. The highest BCUT2D eigenvalue weighted by molar-refractivity contribution is 5.96. The molecule has 138 valence electrons. The highest BCUT2D eigenvalue weighted by Crippen LogP contribution is 2.29. The van der Waals surface area contributed by atoms with Crippen LogP contribution in [-0.2, 0) is 15.7 Å². The minimum absolute atomic E-state index is 0.00552. The van der Waals surface area contributed by atoms with Crippen LogP contribution in [0.5, 0.6) is 0 Å². The molecule has 6 nitrogen and oxygen atoms in total. The second kappa shape index (κ2) is 6.89. The van der Waals surface area contributed by atoms with E-state index >= 15 is 0 Å². The molecule has 0 bridgehead atoms. The highest BCUT2D eigenvalue weighted by atomic mass is 19.4. The Balaban J connectivity index is 2.03. The number of anilines is 1. The molecule has 0 aliphatic carbocycles. The molecule has 0 radical (unpaired) electrons. The van der Waals surface area contributed by atoms with Crippen molar-refractivity contribution in [3.8, 4) is 0 Å². The zero-order valence-corrected chi connectivity index (χ0v) is 14.2. The Kier molecular flexibility index (Phi) is 5.24. The van der Waals surface area contributed by atoms with Crippen molar-refractivity contribution in [2.45, 2.75) is 51.4 Å². The van der Waals surface area contributed by atoms with E-state index in [1.165, 1.54) is 4.90 Å². The largest absolute Gasteiger partial charge is 0.444 e. The monoisotopic (exact) mass is 359 g/mol. The highest BCUT2D eigenvalue weighted by Gasteiger charge is 2.37. The van der Waals surface area contributed by atoms with Crippen LogP contribution in [0.4, 0.5) is 23.8 Å². The molecular weight excluding hydrogens is 339 g/mol. The van der Waals surface area contributed by atoms with Crippen molar-refractivity contribution in [3.05, 3.63) is 23.9 Å². The first-order chi connectivity index (χ1) is 11.5. The van der Waals surface area contributed by atoms with Gasteiger partial charge in [0.25, 0.3) is 0 Å². The fourth-order valence-electron chi connectivity index (χ4n) is 2.42. The van der Waals surface area contributed by atoms with Gasteiger partial charge in [-0.15, -0.1) is 0 Å². The van der Waals surface area contributed by atoms with Crippen LogP contribution in [0.1, 0.15) is 39.2 Å². The van der Waals surface area contributed by atoms with Crippen molar-refractivity contribution >= 4 is 17.8 Å². The number of nitrogens with zero attached hydrogens (tertiary/aromatic N) is 2. The van der Waals surface area contributed by atoms with E-state index in [4.69, 9.17) is 4.74 Å². The molecule has 2 rings (SSSR count). The van der Waals surface area contributed by atoms with Gasteiger partial charge in [-0.25, -0.2) is 9.78 Å². The summed E-state index contributed by atoms with van der Waals surface area (Å²) in [6.45, 7) is 5.56. The molecule has 9 heteroatoms. The number of ether oxygens (including phenoxy) is 1. The molecule has 1 aliphatic heterocycles. The SMILES string of the molecule is CC(C)(C)OC(=O)N1CCC[C@H]1C(=O)Nc1ccc(C(F)(F)F)cn1. The Morgan fingerprint density at radius 2 is 1.96 bits per heavy atom. The quantitative estimate of drug-likeness (QED) is 0.878. The maximum Gasteiger partial charge on any atom is 0.417 e. The second-order valence-corrected chi connectivity index (χ2v) is 6.75. The fraction of sp³-hybridized carbons (Fsp3) is 0.562. The van der Waals surface area contributed by atoms with Gasteiger partial charge < -0.3 is 10.1 Å². The van der Waals surface area contributed by atoms with Crippen LogP contribution in [0.2, 0.25) is 0 Å². The third-order valence-corrected chi connectivity index (χ3v) is 3.53. The standard InChI is InChI=1S/C16H20F3N3O3/c1-15(2,3)25-14(24)22-8-4-5-11(22)13(23)21-12-7-6-10(9-20-12)16(17,18)19/h6-7,9,11H,4-5,8H2,1-3H3,(H,20,21,23)/t11-/m0/s1. The van der Waals surface area contributed by atoms with Crippen LogP contribution in [0.25, 0.3) is 0 Å². The van der Waals surface area contributed by atoms with Crippen LogP contribution in [-0.4, -0.2) is 40.1 Å². The zero-order valence-electron chi connectivity index (χ0n) is 14.2. The number of pyridine rings is 1. The predicted molar refractivity (Wildman–Crippen MR) is 83.8 cm³/mol. The van der Waals surface area contributed by atoms with Crippen LogP contribution < -0.4 is 5.32 Å². The third kappa shape index (κ3) is 5.07. The molecule has 1 N–H and O–H groups in total. The topological polar surface area (TPSA) is 71.5 Å². The van der Waals surface area contributed by atoms with Gasteiger partial charge in [-0.05, 0) is 45.7 Å². The van der Waals surface area contributed by atoms with Crippen molar-refractivity contribution in [3.63, 3.8) is 0 Å². The van der Waals surface area contributed by atoms with E-state index in [9.17, 15) is 22.8 Å². The van der Waals surface area contributed by atoms with Crippen LogP contribution >= 0.6 is 0 Å². The maximum atomic E-state index is 12.5. The summed E-state index contributed by atoms with van der Waals surface area (Å²) in [6, 6.07) is 1.18. The Labute approximate surface area is 143 Å². The molecular formula is C16H20F3N3O3. The Bertz CT molecular complexity index is 639. The summed E-state index contributed by atoms with van der Waals surface area (Å²) < 4.78 is 42.8. The zero-order chi connectivity index (χ0) is 18.8. The fourth-order valence-corrected chi connectivity index (χ4v) is 2.42. The molecule has 1 saturated heterocycles. The lowest BCUT2D eigenvalue weighted by molar-refractivity contribution is -0.137. The van der Waals surface area contributed by atoms with Gasteiger partial charge in [-0.1, -0.05) is 0 Å². The first kappa shape index (κ1) is 19.0. The molecule has 0 unspecified atom stereocenters. The lowest BCUT2D eigenvalue weighted by atomic mass is 10.2. The summed E-state index contributed by atoms with van der Waals surface area (Å²) >= 11 is 0. The first-order valence-corrected chi connectivity index (χ1v) is 7.81. The molecule has 1 aliphatic rings. The van der Waals surface area contributed by atoms with Crippen molar-refractivity contribution in [2.24, 2.45) is 0 Å². The molecule has 1 atom stereocenters. The number of carbonyl (C=O) groups excluding carboxylic acids is 2. The number of carbonyl (C=O) groups is 2. The maximum absolute atomic E-state index is 12.5. The van der Waals surface area contributed by atoms with Crippen molar-refractivity contribution in [1.29, 1.82) is 0 Å². The van der Waals surface area contributed by atoms with Gasteiger partial charge in [0.15, 0.2) is 0 Å². The number of hydrogen-bond donors (Lipinski definition) is 1. The Hall–Kier alpha value is -2.32. The summed E-state index contributed by atoms with van der Waals surface area (Å²) in [7, 11) is 0. The number of alkyl halides is 3. The third-order valence-electron chi connectivity index (χ3n) is 3.53. The van der Waals surface area contributed by atoms with Gasteiger partial charge >= 0.3 is 12.3 Å². The lowest BCUT2D eigenvalue weighted by Gasteiger charge is -2.27. The molecule has 2 amide bonds. The number of aromatic nitrogens is 1. The average Bonchev–Trinajstić information content (AvgIpc) is 2.94. The van der Waals surface area contributed by atoms with E-state index in [0.717, 1.165) is 12.1 Å². The number of halogens is 3. The van der Waals surface area contributed by atoms with Gasteiger partial charge in [0, 0.05) is 12.7 Å². The normalized spacial score (nSPS) is 18.2. The van der Waals surface area contributed by atoms with Crippen molar-refractivity contribution in [1.82, 2.24) is 9.88 Å². The van der Waals surface area contributed by atoms with E-state index in [-0.39, 0.29) is 5.82 Å². The molecule has 1 aromatic heterocycles. The summed E-state index contributed by atoms with van der Waals surface area (Å²) in [5, 5.41) is 2.44. The Morgan fingerprint density at radius 1 is 1.28 bits per heavy atom. The lowest BCUT2D eigenvalue weighted by Crippen LogP contribution is -2.45. The number of rotatable bonds is 2. The smallest absolute Gasteiger partial charge is 0.417 e. The minimum Gasteiger partial charge on any atom is -0.444 e. The molecule has 1 fully saturated rings. The number of amides is 2. The van der Waals surface area contributed by atoms with Gasteiger partial charge in [0.1, 0.15) is 17.5 Å². The predicted octanol–water partition coefficient (Wildman–Crippen LogP) is 3.44. The van der Waals surface area contributed by atoms with E-state index in [1.54, 1.807) is 20.8 Å². The number of nitrogens with one attached hydrogen (secondary N) is 1. The first-order valence-electron chi connectivity index (χ1n) is 7.81. The van der Waals surface area contributed by atoms with E-state index in [0.29, 0.717) is 25.6 Å². The van der Waals surface area contributed by atoms with Crippen molar-refractivity contribution in [2.75, 3.05) is 11.9 Å². The van der Waals surface area contributed by atoms with E-state index < -0.39 is 35.4 Å². The van der Waals surface area contributed by atoms with Gasteiger partial charge in [-0.2, -0.15) is 13.2 Å². The molecule has 1 aromatic rings. The number of likely N-dealkylation sites (tertiary alicyclic amines) is 1. The summed E-state index contributed by atoms with van der Waals surface area (Å²) in [6.07, 6.45) is -3.35. The second-order valence-electron chi connectivity index (χ2n) is 6.75. The average molecular weight is 359 g/mol. The van der Waals surface area contributed by atoms with Crippen LogP contribution in [0.3, 0.4) is 0 Å². The van der Waals surface area contributed by atoms with Gasteiger partial charge in [0.05, 0.1) is 5.56 Å². The molecule has 0 saturated carbocycles. The van der Waals surface area contributed by atoms with E-state index in [1.807, 2.05) is 0 Å². The van der Waals surface area contributed by atoms with Crippen LogP contribution in [0.15, 0.2) is 18.3 Å². The van der Waals surface area contributed by atoms with E-state index in [2.05, 4.69) is 10.3 Å². The summed E-state index contributed by atoms with van der Waals surface area (Å²) in [4.78, 5) is 29.4. The Morgan fingerprint density at radius 3 is 2.48 bits per heavy atom. The molecule has 25 heavy (non-hydrogen) atoms. The molecule has 0 spiro atoms. The van der Waals surface area contributed by atoms with Gasteiger partial charge in [0.2, 0.25) is 5.91 Å². The summed E-state index contributed by atoms with van der Waals surface area (Å²) in [5.74, 6) is -0.510. The number of hydrogen-bond acceptors (Lipinski definition) is 4. The van der Waals surface area contributed by atoms with Crippen LogP contribution in [0, 0.1) is 0 Å². The van der Waals surface area contributed by atoms with Gasteiger partial charge in [-0.3, -0.25) is 9.69 Å².